The Morgan fingerprint density at radius 3 is 2.48 bits per heavy atom. The summed E-state index contributed by atoms with van der Waals surface area (Å²) in [6, 6.07) is 18.2. The predicted octanol–water partition coefficient (Wildman–Crippen LogP) is 4.33. The van der Waals surface area contributed by atoms with Crippen molar-refractivity contribution in [1.29, 1.82) is 0 Å². The van der Waals surface area contributed by atoms with Crippen molar-refractivity contribution in [2.24, 2.45) is 0 Å². The van der Waals surface area contributed by atoms with Crippen LogP contribution in [0.15, 0.2) is 54.6 Å². The highest BCUT2D eigenvalue weighted by atomic mass is 16.5. The molecule has 3 aromatic rings. The molecule has 1 amide bonds. The summed E-state index contributed by atoms with van der Waals surface area (Å²) < 4.78 is 7.68. The molecule has 29 heavy (non-hydrogen) atoms. The molecule has 152 valence electrons. The summed E-state index contributed by atoms with van der Waals surface area (Å²) in [6.07, 6.45) is 1.13. The molecular weight excluding hydrogens is 362 g/mol. The fourth-order valence-electron chi connectivity index (χ4n) is 3.23. The van der Waals surface area contributed by atoms with E-state index in [0.29, 0.717) is 26.0 Å². The average Bonchev–Trinajstić information content (AvgIpc) is 2.98. The fourth-order valence-corrected chi connectivity index (χ4v) is 3.23. The molecule has 0 saturated heterocycles. The molecule has 2 aromatic carbocycles. The highest BCUT2D eigenvalue weighted by molar-refractivity contribution is 5.75. The molecule has 3 rings (SSSR count). The Labute approximate surface area is 172 Å². The molecule has 0 fully saturated rings. The quantitative estimate of drug-likeness (QED) is 0.552. The molecule has 0 aliphatic heterocycles. The summed E-state index contributed by atoms with van der Waals surface area (Å²) in [4.78, 5) is 12.2. The molecular formula is C24H29N3O2. The molecule has 1 aromatic heterocycles. The third-order valence-corrected chi connectivity index (χ3v) is 5.01. The molecule has 0 aliphatic rings. The topological polar surface area (TPSA) is 56.1 Å². The van der Waals surface area contributed by atoms with Gasteiger partial charge in [0.25, 0.3) is 0 Å². The van der Waals surface area contributed by atoms with Gasteiger partial charge in [0.2, 0.25) is 5.91 Å². The number of nitrogens with one attached hydrogen (secondary N) is 1. The van der Waals surface area contributed by atoms with E-state index in [1.54, 1.807) is 0 Å². The van der Waals surface area contributed by atoms with Gasteiger partial charge in [-0.2, -0.15) is 5.10 Å². The minimum Gasteiger partial charge on any atom is -0.494 e. The first-order valence-electron chi connectivity index (χ1n) is 10.1. The van der Waals surface area contributed by atoms with Crippen LogP contribution in [0.3, 0.4) is 0 Å². The van der Waals surface area contributed by atoms with Crippen LogP contribution in [-0.2, 0) is 17.9 Å². The molecule has 0 spiro atoms. The fraction of sp³-hybridized carbons (Fsp3) is 0.333. The zero-order chi connectivity index (χ0) is 20.6. The first-order valence-corrected chi connectivity index (χ1v) is 10.1. The standard InChI is InChI=1S/C24H29N3O2/c1-18-11-13-22(14-12-18)29-15-7-10-24(28)25-16-23-19(2)26-27(20(23)3)17-21-8-5-4-6-9-21/h4-6,8-9,11-14H,7,10,15-17H2,1-3H3,(H,25,28). The second kappa shape index (κ2) is 9.92. The van der Waals surface area contributed by atoms with Gasteiger partial charge in [-0.3, -0.25) is 9.48 Å². The molecule has 0 aliphatic carbocycles. The Morgan fingerprint density at radius 1 is 1.03 bits per heavy atom. The first-order chi connectivity index (χ1) is 14.0. The molecule has 1 heterocycles. The minimum absolute atomic E-state index is 0.0344. The van der Waals surface area contributed by atoms with Crippen LogP contribution >= 0.6 is 0 Å². The number of benzene rings is 2. The van der Waals surface area contributed by atoms with E-state index in [2.05, 4.69) is 29.5 Å². The third kappa shape index (κ3) is 5.95. The van der Waals surface area contributed by atoms with Crippen molar-refractivity contribution >= 4 is 5.91 Å². The number of aryl methyl sites for hydroxylation is 2. The van der Waals surface area contributed by atoms with Crippen LogP contribution in [0, 0.1) is 20.8 Å². The maximum absolute atomic E-state index is 12.2. The van der Waals surface area contributed by atoms with Crippen molar-refractivity contribution in [1.82, 2.24) is 15.1 Å². The van der Waals surface area contributed by atoms with Gasteiger partial charge in [-0.1, -0.05) is 48.0 Å². The molecule has 0 bridgehead atoms. The maximum atomic E-state index is 12.2. The Balaban J connectivity index is 1.44. The number of hydrogen-bond donors (Lipinski definition) is 1. The number of nitrogens with zero attached hydrogens (tertiary/aromatic N) is 2. The van der Waals surface area contributed by atoms with E-state index in [9.17, 15) is 4.79 Å². The highest BCUT2D eigenvalue weighted by Gasteiger charge is 2.13. The van der Waals surface area contributed by atoms with Gasteiger partial charge in [-0.25, -0.2) is 0 Å². The molecule has 5 nitrogen and oxygen atoms in total. The number of ether oxygens (including phenoxy) is 1. The van der Waals surface area contributed by atoms with Crippen molar-refractivity contribution in [3.63, 3.8) is 0 Å². The normalized spacial score (nSPS) is 10.7. The van der Waals surface area contributed by atoms with Crippen molar-refractivity contribution in [2.45, 2.75) is 46.7 Å². The number of carbonyl (C=O) groups excluding carboxylic acids is 1. The van der Waals surface area contributed by atoms with Crippen LogP contribution in [0.5, 0.6) is 5.75 Å². The van der Waals surface area contributed by atoms with Crippen LogP contribution < -0.4 is 10.1 Å². The van der Waals surface area contributed by atoms with Gasteiger partial charge in [-0.15, -0.1) is 0 Å². The van der Waals surface area contributed by atoms with E-state index < -0.39 is 0 Å². The van der Waals surface area contributed by atoms with Crippen LogP contribution in [-0.4, -0.2) is 22.3 Å². The lowest BCUT2D eigenvalue weighted by molar-refractivity contribution is -0.121. The minimum atomic E-state index is 0.0344. The summed E-state index contributed by atoms with van der Waals surface area (Å²) in [5, 5.41) is 7.66. The molecule has 0 radical (unpaired) electrons. The van der Waals surface area contributed by atoms with Gasteiger partial charge in [0, 0.05) is 24.2 Å². The summed E-state index contributed by atoms with van der Waals surface area (Å²) >= 11 is 0. The summed E-state index contributed by atoms with van der Waals surface area (Å²) in [7, 11) is 0. The number of carbonyl (C=O) groups is 1. The Morgan fingerprint density at radius 2 is 1.76 bits per heavy atom. The van der Waals surface area contributed by atoms with E-state index in [0.717, 1.165) is 29.2 Å². The largest absolute Gasteiger partial charge is 0.494 e. The van der Waals surface area contributed by atoms with E-state index in [1.807, 2.05) is 61.0 Å². The number of hydrogen-bond acceptors (Lipinski definition) is 3. The summed E-state index contributed by atoms with van der Waals surface area (Å²) in [5.41, 5.74) is 5.55. The zero-order valence-electron chi connectivity index (χ0n) is 17.4. The second-order valence-corrected chi connectivity index (χ2v) is 7.33. The van der Waals surface area contributed by atoms with Crippen LogP contribution in [0.25, 0.3) is 0 Å². The zero-order valence-corrected chi connectivity index (χ0v) is 17.4. The lowest BCUT2D eigenvalue weighted by Crippen LogP contribution is -2.23. The predicted molar refractivity (Wildman–Crippen MR) is 115 cm³/mol. The number of amides is 1. The van der Waals surface area contributed by atoms with Crippen LogP contribution in [0.4, 0.5) is 0 Å². The van der Waals surface area contributed by atoms with Gasteiger partial charge in [-0.05, 0) is 44.9 Å². The Hall–Kier alpha value is -3.08. The third-order valence-electron chi connectivity index (χ3n) is 5.01. The SMILES string of the molecule is Cc1ccc(OCCCC(=O)NCc2c(C)nn(Cc3ccccc3)c2C)cc1. The highest BCUT2D eigenvalue weighted by Crippen LogP contribution is 2.15. The number of rotatable bonds is 9. The van der Waals surface area contributed by atoms with Crippen LogP contribution in [0.2, 0.25) is 0 Å². The van der Waals surface area contributed by atoms with Crippen molar-refractivity contribution in [3.05, 3.63) is 82.7 Å². The van der Waals surface area contributed by atoms with Gasteiger partial charge < -0.3 is 10.1 Å². The van der Waals surface area contributed by atoms with E-state index in [1.165, 1.54) is 11.1 Å². The molecule has 0 atom stereocenters. The maximum Gasteiger partial charge on any atom is 0.220 e. The molecule has 5 heteroatoms. The van der Waals surface area contributed by atoms with Crippen molar-refractivity contribution in [2.75, 3.05) is 6.61 Å². The first kappa shape index (κ1) is 20.6. The molecule has 0 unspecified atom stereocenters. The Bertz CT molecular complexity index is 931. The number of aromatic nitrogens is 2. The molecule has 1 N–H and O–H groups in total. The van der Waals surface area contributed by atoms with E-state index in [4.69, 9.17) is 4.74 Å². The van der Waals surface area contributed by atoms with Crippen LogP contribution in [0.1, 0.15) is 40.9 Å². The van der Waals surface area contributed by atoms with E-state index in [-0.39, 0.29) is 5.91 Å². The van der Waals surface area contributed by atoms with Gasteiger partial charge >= 0.3 is 0 Å². The van der Waals surface area contributed by atoms with Crippen molar-refractivity contribution in [3.8, 4) is 5.75 Å². The smallest absolute Gasteiger partial charge is 0.220 e. The second-order valence-electron chi connectivity index (χ2n) is 7.33. The molecule has 0 saturated carbocycles. The van der Waals surface area contributed by atoms with Gasteiger partial charge in [0.05, 0.1) is 18.8 Å². The monoisotopic (exact) mass is 391 g/mol. The average molecular weight is 392 g/mol. The summed E-state index contributed by atoms with van der Waals surface area (Å²) in [5.74, 6) is 0.875. The van der Waals surface area contributed by atoms with Gasteiger partial charge in [0.1, 0.15) is 5.75 Å². The lowest BCUT2D eigenvalue weighted by Gasteiger charge is -2.08. The van der Waals surface area contributed by atoms with E-state index >= 15 is 0 Å². The summed E-state index contributed by atoms with van der Waals surface area (Å²) in [6.45, 7) is 7.86. The van der Waals surface area contributed by atoms with Gasteiger partial charge in [0.15, 0.2) is 0 Å². The Kier molecular flexibility index (Phi) is 7.06. The van der Waals surface area contributed by atoms with Crippen molar-refractivity contribution < 1.29 is 9.53 Å². The lowest BCUT2D eigenvalue weighted by atomic mass is 10.2.